The van der Waals surface area contributed by atoms with Gasteiger partial charge >= 0.3 is 6.03 Å². The van der Waals surface area contributed by atoms with Crippen molar-refractivity contribution in [2.45, 2.75) is 32.7 Å². The molecule has 1 heterocycles. The zero-order valence-electron chi connectivity index (χ0n) is 13.0. The number of nitrogens with one attached hydrogen (secondary N) is 3. The fraction of sp³-hybridized carbons (Fsp3) is 0.500. The van der Waals surface area contributed by atoms with Gasteiger partial charge in [-0.05, 0) is 44.6 Å². The van der Waals surface area contributed by atoms with Gasteiger partial charge in [-0.2, -0.15) is 11.8 Å². The summed E-state index contributed by atoms with van der Waals surface area (Å²) < 4.78 is 0. The Morgan fingerprint density at radius 2 is 1.86 bits per heavy atom. The van der Waals surface area contributed by atoms with Crippen LogP contribution in [0.15, 0.2) is 24.3 Å². The highest BCUT2D eigenvalue weighted by atomic mass is 32.2. The summed E-state index contributed by atoms with van der Waals surface area (Å²) in [5, 5.41) is 8.49. The molecule has 0 saturated carbocycles. The molecule has 1 aromatic carbocycles. The first-order valence-corrected chi connectivity index (χ1v) is 8.77. The normalized spacial score (nSPS) is 17.9. The summed E-state index contributed by atoms with van der Waals surface area (Å²) in [7, 11) is 0. The maximum absolute atomic E-state index is 12.3. The lowest BCUT2D eigenvalue weighted by Gasteiger charge is -2.21. The van der Waals surface area contributed by atoms with Crippen molar-refractivity contribution in [2.24, 2.45) is 5.92 Å². The number of hydrogen-bond donors (Lipinski definition) is 3. The Morgan fingerprint density at radius 1 is 1.18 bits per heavy atom. The molecule has 3 N–H and O–H groups in total. The van der Waals surface area contributed by atoms with Crippen molar-refractivity contribution in [3.8, 4) is 0 Å². The molecule has 120 valence electrons. The van der Waals surface area contributed by atoms with E-state index in [1.165, 1.54) is 0 Å². The van der Waals surface area contributed by atoms with Crippen molar-refractivity contribution < 1.29 is 9.59 Å². The van der Waals surface area contributed by atoms with E-state index in [4.69, 9.17) is 0 Å². The molecule has 6 heteroatoms. The number of anilines is 2. The van der Waals surface area contributed by atoms with Crippen molar-refractivity contribution in [1.82, 2.24) is 5.32 Å². The largest absolute Gasteiger partial charge is 0.336 e. The lowest BCUT2D eigenvalue weighted by Crippen LogP contribution is -2.34. The van der Waals surface area contributed by atoms with Gasteiger partial charge in [0.25, 0.3) is 0 Å². The third-order valence-electron chi connectivity index (χ3n) is 3.38. The third-order valence-corrected chi connectivity index (χ3v) is 4.60. The predicted molar refractivity (Wildman–Crippen MR) is 92.4 cm³/mol. The van der Waals surface area contributed by atoms with Crippen molar-refractivity contribution in [1.29, 1.82) is 0 Å². The van der Waals surface area contributed by atoms with Gasteiger partial charge in [-0.1, -0.05) is 12.1 Å². The average molecular weight is 321 g/mol. The van der Waals surface area contributed by atoms with Gasteiger partial charge in [0, 0.05) is 17.7 Å². The number of thioether (sulfide) groups is 1. The fourth-order valence-electron chi connectivity index (χ4n) is 2.30. The highest BCUT2D eigenvalue weighted by Crippen LogP contribution is 2.26. The first kappa shape index (κ1) is 16.7. The van der Waals surface area contributed by atoms with Gasteiger partial charge in [0.2, 0.25) is 5.91 Å². The first-order chi connectivity index (χ1) is 10.6. The minimum atomic E-state index is -0.273. The van der Waals surface area contributed by atoms with Crippen molar-refractivity contribution in [3.05, 3.63) is 24.3 Å². The van der Waals surface area contributed by atoms with E-state index in [1.54, 1.807) is 12.1 Å². The Hall–Kier alpha value is -1.69. The summed E-state index contributed by atoms with van der Waals surface area (Å²) >= 11 is 1.82. The number of benzene rings is 1. The Labute approximate surface area is 135 Å². The molecule has 1 fully saturated rings. The number of carbonyl (C=O) groups is 2. The second-order valence-electron chi connectivity index (χ2n) is 5.70. The van der Waals surface area contributed by atoms with E-state index >= 15 is 0 Å². The number of urea groups is 1. The van der Waals surface area contributed by atoms with Gasteiger partial charge in [-0.3, -0.25) is 4.79 Å². The zero-order valence-corrected chi connectivity index (χ0v) is 13.8. The van der Waals surface area contributed by atoms with Crippen LogP contribution in [0.3, 0.4) is 0 Å². The highest BCUT2D eigenvalue weighted by molar-refractivity contribution is 7.99. The quantitative estimate of drug-likeness (QED) is 0.797. The summed E-state index contributed by atoms with van der Waals surface area (Å²) in [4.78, 5) is 24.2. The third kappa shape index (κ3) is 4.94. The van der Waals surface area contributed by atoms with E-state index in [-0.39, 0.29) is 23.9 Å². The molecule has 1 aromatic rings. The van der Waals surface area contributed by atoms with E-state index in [9.17, 15) is 9.59 Å². The number of para-hydroxylation sites is 2. The SMILES string of the molecule is CC(C)NC(=O)Nc1ccccc1NC(=O)C1CCCSC1. The average Bonchev–Trinajstić information content (AvgIpc) is 2.49. The van der Waals surface area contributed by atoms with Gasteiger partial charge in [0.05, 0.1) is 11.4 Å². The molecule has 0 aromatic heterocycles. The summed E-state index contributed by atoms with van der Waals surface area (Å²) in [6.45, 7) is 3.79. The number of hydrogen-bond acceptors (Lipinski definition) is 3. The van der Waals surface area contributed by atoms with Crippen LogP contribution in [0.2, 0.25) is 0 Å². The van der Waals surface area contributed by atoms with Crippen LogP contribution in [0, 0.1) is 5.92 Å². The smallest absolute Gasteiger partial charge is 0.319 e. The minimum Gasteiger partial charge on any atom is -0.336 e. The summed E-state index contributed by atoms with van der Waals surface area (Å²) in [5.41, 5.74) is 1.25. The summed E-state index contributed by atoms with van der Waals surface area (Å²) in [6.07, 6.45) is 2.02. The van der Waals surface area contributed by atoms with Gasteiger partial charge in [-0.25, -0.2) is 4.79 Å². The zero-order chi connectivity index (χ0) is 15.9. The summed E-state index contributed by atoms with van der Waals surface area (Å²) in [6, 6.07) is 7.05. The van der Waals surface area contributed by atoms with Crippen LogP contribution in [0.5, 0.6) is 0 Å². The Kier molecular flexibility index (Phi) is 6.12. The molecule has 1 atom stereocenters. The van der Waals surface area contributed by atoms with Gasteiger partial charge in [-0.15, -0.1) is 0 Å². The molecule has 3 amide bonds. The van der Waals surface area contributed by atoms with Crippen LogP contribution in [0.1, 0.15) is 26.7 Å². The number of carbonyl (C=O) groups excluding carboxylic acids is 2. The van der Waals surface area contributed by atoms with E-state index in [1.807, 2.05) is 37.7 Å². The van der Waals surface area contributed by atoms with Gasteiger partial charge in [0.1, 0.15) is 0 Å². The minimum absolute atomic E-state index is 0.0331. The van der Waals surface area contributed by atoms with Crippen molar-refractivity contribution >= 4 is 35.1 Å². The Balaban J connectivity index is 2.01. The van der Waals surface area contributed by atoms with E-state index in [2.05, 4.69) is 16.0 Å². The fourth-order valence-corrected chi connectivity index (χ4v) is 3.44. The lowest BCUT2D eigenvalue weighted by molar-refractivity contribution is -0.119. The molecule has 1 aliphatic heterocycles. The topological polar surface area (TPSA) is 70.2 Å². The van der Waals surface area contributed by atoms with Crippen LogP contribution in [0.4, 0.5) is 16.2 Å². The van der Waals surface area contributed by atoms with Crippen molar-refractivity contribution in [2.75, 3.05) is 22.1 Å². The second-order valence-corrected chi connectivity index (χ2v) is 6.85. The van der Waals surface area contributed by atoms with Gasteiger partial charge < -0.3 is 16.0 Å². The second kappa shape index (κ2) is 8.08. The van der Waals surface area contributed by atoms with Crippen LogP contribution in [-0.2, 0) is 4.79 Å². The molecule has 22 heavy (non-hydrogen) atoms. The monoisotopic (exact) mass is 321 g/mol. The van der Waals surface area contributed by atoms with Crippen LogP contribution in [-0.4, -0.2) is 29.5 Å². The molecular weight excluding hydrogens is 298 g/mol. The van der Waals surface area contributed by atoms with Gasteiger partial charge in [0.15, 0.2) is 0 Å². The lowest BCUT2D eigenvalue weighted by atomic mass is 10.0. The van der Waals surface area contributed by atoms with Crippen molar-refractivity contribution in [3.63, 3.8) is 0 Å². The maximum Gasteiger partial charge on any atom is 0.319 e. The standard InChI is InChI=1S/C16H23N3O2S/c1-11(2)17-16(21)19-14-8-4-3-7-13(14)18-15(20)12-6-5-9-22-10-12/h3-4,7-8,11-12H,5-6,9-10H2,1-2H3,(H,18,20)(H2,17,19,21). The molecule has 2 rings (SSSR count). The molecule has 1 saturated heterocycles. The highest BCUT2D eigenvalue weighted by Gasteiger charge is 2.22. The number of rotatable bonds is 4. The molecule has 1 aliphatic rings. The Bertz CT molecular complexity index is 528. The predicted octanol–water partition coefficient (Wildman–Crippen LogP) is 3.30. The van der Waals surface area contributed by atoms with Crippen LogP contribution in [0.25, 0.3) is 0 Å². The maximum atomic E-state index is 12.3. The first-order valence-electron chi connectivity index (χ1n) is 7.61. The summed E-state index contributed by atoms with van der Waals surface area (Å²) in [5.74, 6) is 2.09. The van der Waals surface area contributed by atoms with Crippen LogP contribution >= 0.6 is 11.8 Å². The van der Waals surface area contributed by atoms with Crippen LogP contribution < -0.4 is 16.0 Å². The number of amides is 3. The molecule has 5 nitrogen and oxygen atoms in total. The van der Waals surface area contributed by atoms with E-state index < -0.39 is 0 Å². The molecule has 0 aliphatic carbocycles. The molecule has 1 unspecified atom stereocenters. The van der Waals surface area contributed by atoms with E-state index in [0.29, 0.717) is 11.4 Å². The molecular formula is C16H23N3O2S. The molecule has 0 radical (unpaired) electrons. The van der Waals surface area contributed by atoms with E-state index in [0.717, 1.165) is 24.3 Å². The molecule has 0 bridgehead atoms. The molecule has 0 spiro atoms. The Morgan fingerprint density at radius 3 is 2.45 bits per heavy atom.